The van der Waals surface area contributed by atoms with Crippen molar-refractivity contribution in [3.05, 3.63) is 23.4 Å². The van der Waals surface area contributed by atoms with Crippen molar-refractivity contribution in [1.82, 2.24) is 4.98 Å². The molecule has 0 aromatic carbocycles. The van der Waals surface area contributed by atoms with Crippen molar-refractivity contribution in [3.8, 4) is 5.88 Å². The number of pyridine rings is 1. The average molecular weight is 215 g/mol. The Morgan fingerprint density at radius 2 is 2.46 bits per heavy atom. The maximum Gasteiger partial charge on any atom is 0.401 e. The van der Waals surface area contributed by atoms with E-state index >= 15 is 0 Å². The van der Waals surface area contributed by atoms with Gasteiger partial charge in [0.25, 0.3) is 0 Å². The van der Waals surface area contributed by atoms with Gasteiger partial charge in [0.2, 0.25) is 5.88 Å². The lowest BCUT2D eigenvalue weighted by molar-refractivity contribution is 0.193. The summed E-state index contributed by atoms with van der Waals surface area (Å²) in [4.78, 5) is 4.21. The van der Waals surface area contributed by atoms with E-state index in [2.05, 4.69) is 14.7 Å². The van der Waals surface area contributed by atoms with Crippen molar-refractivity contribution in [2.45, 2.75) is 13.5 Å². The van der Waals surface area contributed by atoms with Crippen LogP contribution in [0.15, 0.2) is 12.3 Å². The first-order valence-corrected chi connectivity index (χ1v) is 5.88. The van der Waals surface area contributed by atoms with Crippen LogP contribution in [0.4, 0.5) is 0 Å². The van der Waals surface area contributed by atoms with E-state index in [1.54, 1.807) is 0 Å². The van der Waals surface area contributed by atoms with Gasteiger partial charge in [-0.25, -0.2) is 4.98 Å². The Balaban J connectivity index is 2.37. The Hall–Kier alpha value is -0.310. The van der Waals surface area contributed by atoms with Gasteiger partial charge in [0.15, 0.2) is 6.61 Å². The van der Waals surface area contributed by atoms with E-state index in [4.69, 9.17) is 17.4 Å². The molecule has 13 heavy (non-hydrogen) atoms. The summed E-state index contributed by atoms with van der Waals surface area (Å²) in [7, 11) is -0.747. The van der Waals surface area contributed by atoms with Crippen LogP contribution in [0, 0.1) is 6.92 Å². The van der Waals surface area contributed by atoms with Crippen LogP contribution in [-0.2, 0) is 23.1 Å². The highest BCUT2D eigenvalue weighted by Crippen LogP contribution is 2.47. The summed E-state index contributed by atoms with van der Waals surface area (Å²) in [5.74, 6) is 0.729. The normalized spacial score (nSPS) is 22.2. The minimum Gasteiger partial charge on any atom is -0.492 e. The summed E-state index contributed by atoms with van der Waals surface area (Å²) in [6.07, 6.45) is 1.81. The molecular weight excluding hydrogens is 205 g/mol. The SMILES string of the molecule is Cc1cnc2c(c1)C[O+]([S-])P(C)O2. The maximum absolute atomic E-state index is 5.54. The molecule has 0 bridgehead atoms. The third kappa shape index (κ3) is 1.80. The number of hydrogen-bond donors (Lipinski definition) is 0. The van der Waals surface area contributed by atoms with E-state index in [0.717, 1.165) is 17.0 Å². The Labute approximate surface area is 84.3 Å². The highest BCUT2D eigenvalue weighted by Gasteiger charge is 2.26. The van der Waals surface area contributed by atoms with Gasteiger partial charge in [0.05, 0.1) is 12.2 Å². The van der Waals surface area contributed by atoms with Crippen molar-refractivity contribution in [2.75, 3.05) is 6.66 Å². The lowest BCUT2D eigenvalue weighted by Gasteiger charge is -2.31. The van der Waals surface area contributed by atoms with Crippen LogP contribution in [0.5, 0.6) is 5.88 Å². The minimum atomic E-state index is -0.747. The predicted molar refractivity (Wildman–Crippen MR) is 54.6 cm³/mol. The first-order chi connectivity index (χ1) is 6.16. The summed E-state index contributed by atoms with van der Waals surface area (Å²) < 4.78 is 8.12. The summed E-state index contributed by atoms with van der Waals surface area (Å²) >= 11 is 5.06. The zero-order valence-electron chi connectivity index (χ0n) is 7.48. The topological polar surface area (TPSA) is 24.8 Å². The summed E-state index contributed by atoms with van der Waals surface area (Å²) in [6.45, 7) is 4.65. The van der Waals surface area contributed by atoms with E-state index in [9.17, 15) is 0 Å². The fourth-order valence-corrected chi connectivity index (χ4v) is 2.22. The van der Waals surface area contributed by atoms with Gasteiger partial charge in [-0.1, -0.05) is 0 Å². The average Bonchev–Trinajstić information content (AvgIpc) is 2.08. The highest BCUT2D eigenvalue weighted by molar-refractivity contribution is 7.65. The maximum atomic E-state index is 5.54. The smallest absolute Gasteiger partial charge is 0.401 e. The second-order valence-corrected chi connectivity index (χ2v) is 5.13. The molecule has 5 heteroatoms. The Morgan fingerprint density at radius 3 is 3.23 bits per heavy atom. The van der Waals surface area contributed by atoms with Crippen LogP contribution < -0.4 is 4.52 Å². The van der Waals surface area contributed by atoms with Crippen LogP contribution in [-0.4, -0.2) is 11.6 Å². The molecule has 1 aromatic rings. The van der Waals surface area contributed by atoms with Crippen molar-refractivity contribution in [2.24, 2.45) is 0 Å². The largest absolute Gasteiger partial charge is 0.492 e. The molecule has 0 radical (unpaired) electrons. The van der Waals surface area contributed by atoms with Gasteiger partial charge in [-0.15, -0.1) is 0 Å². The number of aromatic nitrogens is 1. The van der Waals surface area contributed by atoms with Gasteiger partial charge in [-0.05, 0) is 18.6 Å². The zero-order chi connectivity index (χ0) is 9.42. The number of nitrogens with zero attached hydrogens (tertiary/aromatic N) is 1. The minimum absolute atomic E-state index is 0.682. The third-order valence-electron chi connectivity index (χ3n) is 1.84. The molecule has 0 fully saturated rings. The lowest BCUT2D eigenvalue weighted by atomic mass is 10.2. The van der Waals surface area contributed by atoms with E-state index < -0.39 is 8.38 Å². The van der Waals surface area contributed by atoms with E-state index in [-0.39, 0.29) is 0 Å². The van der Waals surface area contributed by atoms with Crippen molar-refractivity contribution >= 4 is 21.3 Å². The van der Waals surface area contributed by atoms with Crippen LogP contribution in [0.25, 0.3) is 0 Å². The molecule has 70 valence electrons. The van der Waals surface area contributed by atoms with Crippen LogP contribution in [0.3, 0.4) is 0 Å². The van der Waals surface area contributed by atoms with Crippen LogP contribution in [0.2, 0.25) is 0 Å². The fraction of sp³-hybridized carbons (Fsp3) is 0.375. The standard InChI is InChI=1S/C8H10NO2PS/c1-6-3-7-5-11(13)12(2)10-8(7)9-4-6/h3-4H,5H2,1-2H3. The van der Waals surface area contributed by atoms with Gasteiger partial charge < -0.3 is 21.0 Å². The van der Waals surface area contributed by atoms with E-state index in [0.29, 0.717) is 6.61 Å². The first kappa shape index (κ1) is 9.25. The number of hydrogen-bond acceptors (Lipinski definition) is 3. The molecule has 1 unspecified atom stereocenters. The molecule has 1 aromatic heterocycles. The highest BCUT2D eigenvalue weighted by atomic mass is 32.1. The fourth-order valence-electron chi connectivity index (χ4n) is 1.19. The molecule has 3 nitrogen and oxygen atoms in total. The zero-order valence-corrected chi connectivity index (χ0v) is 9.19. The molecule has 0 amide bonds. The molecule has 0 aliphatic carbocycles. The molecule has 0 saturated carbocycles. The number of fused-ring (bicyclic) bond motifs is 1. The Bertz CT molecular complexity index is 334. The number of rotatable bonds is 0. The summed E-state index contributed by atoms with van der Waals surface area (Å²) in [5, 5.41) is 0. The molecule has 1 aliphatic rings. The lowest BCUT2D eigenvalue weighted by Crippen LogP contribution is -2.12. The molecular formula is C8H10NO2PS. The molecule has 1 aliphatic heterocycles. The van der Waals surface area contributed by atoms with Gasteiger partial charge in [-0.3, -0.25) is 0 Å². The Morgan fingerprint density at radius 1 is 1.69 bits per heavy atom. The summed E-state index contributed by atoms with van der Waals surface area (Å²) in [6, 6.07) is 2.05. The van der Waals surface area contributed by atoms with Crippen LogP contribution >= 0.6 is 8.38 Å². The van der Waals surface area contributed by atoms with Crippen LogP contribution in [0.1, 0.15) is 11.1 Å². The number of aryl methyl sites for hydroxylation is 1. The van der Waals surface area contributed by atoms with Gasteiger partial charge >= 0.3 is 8.38 Å². The summed E-state index contributed by atoms with van der Waals surface area (Å²) in [5.41, 5.74) is 2.19. The van der Waals surface area contributed by atoms with E-state index in [1.807, 2.05) is 19.8 Å². The van der Waals surface area contributed by atoms with Gasteiger partial charge in [0, 0.05) is 6.20 Å². The predicted octanol–water partition coefficient (Wildman–Crippen LogP) is 2.24. The second-order valence-electron chi connectivity index (χ2n) is 2.97. The molecule has 2 rings (SSSR count). The first-order valence-electron chi connectivity index (χ1n) is 3.92. The second kappa shape index (κ2) is 3.45. The quantitative estimate of drug-likeness (QED) is 0.377. The van der Waals surface area contributed by atoms with Crippen molar-refractivity contribution < 1.29 is 8.12 Å². The molecule has 2 heterocycles. The molecule has 0 spiro atoms. The van der Waals surface area contributed by atoms with E-state index in [1.165, 1.54) is 0 Å². The van der Waals surface area contributed by atoms with Gasteiger partial charge in [0.1, 0.15) is 0 Å². The molecule has 0 N–H and O–H groups in total. The Kier molecular flexibility index (Phi) is 2.45. The third-order valence-corrected chi connectivity index (χ3v) is 3.72. The van der Waals surface area contributed by atoms with Crippen molar-refractivity contribution in [1.29, 1.82) is 0 Å². The monoisotopic (exact) mass is 215 g/mol. The molecule has 1 atom stereocenters. The molecule has 0 saturated heterocycles. The van der Waals surface area contributed by atoms with Gasteiger partial charge in [-0.2, -0.15) is 0 Å². The van der Waals surface area contributed by atoms with Crippen molar-refractivity contribution in [3.63, 3.8) is 0 Å².